The van der Waals surface area contributed by atoms with Crippen molar-refractivity contribution in [3.05, 3.63) is 95.8 Å². The van der Waals surface area contributed by atoms with Gasteiger partial charge in [-0.2, -0.15) is 0 Å². The van der Waals surface area contributed by atoms with Crippen molar-refractivity contribution in [1.29, 1.82) is 0 Å². The molecule has 2 fully saturated rings. The van der Waals surface area contributed by atoms with Crippen LogP contribution in [0.3, 0.4) is 0 Å². The zero-order valence-electron chi connectivity index (χ0n) is 18.7. The molecule has 3 heterocycles. The maximum absolute atomic E-state index is 12.5. The highest BCUT2D eigenvalue weighted by atomic mass is 16.2. The molecule has 2 aromatic carbocycles. The van der Waals surface area contributed by atoms with E-state index in [2.05, 4.69) is 51.3 Å². The molecule has 1 spiro atoms. The number of likely N-dealkylation sites (tertiary alicyclic amines) is 2. The molecular weight excluding hydrogens is 408 g/mol. The van der Waals surface area contributed by atoms with Crippen molar-refractivity contribution < 1.29 is 4.79 Å². The van der Waals surface area contributed by atoms with Crippen LogP contribution in [-0.4, -0.2) is 47.0 Å². The van der Waals surface area contributed by atoms with Crippen LogP contribution >= 0.6 is 0 Å². The molecule has 2 aliphatic heterocycles. The van der Waals surface area contributed by atoms with E-state index in [1.807, 2.05) is 47.4 Å². The number of hydrogen-bond donors (Lipinski definition) is 1. The average molecular weight is 437 g/mol. The third-order valence-electron chi connectivity index (χ3n) is 6.63. The summed E-state index contributed by atoms with van der Waals surface area (Å²) in [6, 6.07) is 22.3. The summed E-state index contributed by atoms with van der Waals surface area (Å²) in [6.45, 7) is 4.77. The Hall–Kier alpha value is -3.62. The van der Waals surface area contributed by atoms with Crippen LogP contribution in [0.1, 0.15) is 29.5 Å². The number of hydrogen-bond acceptors (Lipinski definition) is 3. The van der Waals surface area contributed by atoms with Crippen molar-refractivity contribution in [3.8, 4) is 11.8 Å². The van der Waals surface area contributed by atoms with Gasteiger partial charge in [-0.25, -0.2) is 4.79 Å². The Morgan fingerprint density at radius 2 is 1.70 bits per heavy atom. The minimum absolute atomic E-state index is 0.0236. The highest BCUT2D eigenvalue weighted by Gasteiger charge is 2.46. The Bertz CT molecular complexity index is 1150. The number of pyridine rings is 1. The largest absolute Gasteiger partial charge is 0.323 e. The molecule has 0 bridgehead atoms. The third-order valence-corrected chi connectivity index (χ3v) is 6.63. The maximum Gasteiger partial charge on any atom is 0.321 e. The van der Waals surface area contributed by atoms with Crippen LogP contribution in [0.2, 0.25) is 0 Å². The number of nitrogens with one attached hydrogen (secondary N) is 1. The van der Waals surface area contributed by atoms with E-state index < -0.39 is 0 Å². The van der Waals surface area contributed by atoms with Crippen LogP contribution in [0.4, 0.5) is 10.5 Å². The summed E-state index contributed by atoms with van der Waals surface area (Å²) in [6.07, 6.45) is 5.65. The third kappa shape index (κ3) is 5.24. The number of urea groups is 1. The fraction of sp³-hybridized carbons (Fsp3) is 0.286. The topological polar surface area (TPSA) is 48.5 Å². The second-order valence-electron chi connectivity index (χ2n) is 9.12. The minimum Gasteiger partial charge on any atom is -0.323 e. The van der Waals surface area contributed by atoms with E-state index in [-0.39, 0.29) is 11.4 Å². The van der Waals surface area contributed by atoms with Crippen molar-refractivity contribution in [1.82, 2.24) is 14.8 Å². The lowest BCUT2D eigenvalue weighted by Gasteiger charge is -2.53. The second kappa shape index (κ2) is 9.48. The van der Waals surface area contributed by atoms with Gasteiger partial charge in [-0.15, -0.1) is 0 Å². The molecule has 5 nitrogen and oxygen atoms in total. The van der Waals surface area contributed by atoms with Gasteiger partial charge in [0.1, 0.15) is 0 Å². The number of nitrogens with zero attached hydrogens (tertiary/aromatic N) is 3. The van der Waals surface area contributed by atoms with Gasteiger partial charge in [0, 0.05) is 42.4 Å². The molecular formula is C28H28N4O. The molecule has 2 saturated heterocycles. The first-order valence-electron chi connectivity index (χ1n) is 11.5. The first-order chi connectivity index (χ1) is 16.2. The number of rotatable bonds is 3. The Labute approximate surface area is 195 Å². The van der Waals surface area contributed by atoms with E-state index in [4.69, 9.17) is 0 Å². The lowest BCUT2D eigenvalue weighted by Crippen LogP contribution is -2.62. The SMILES string of the molecule is O=C(Nc1cccnc1)N1CC2(CCN(Cc3cccc(C#Cc4ccccc4)c3)CC2)C1. The van der Waals surface area contributed by atoms with Crippen LogP contribution in [0, 0.1) is 17.3 Å². The summed E-state index contributed by atoms with van der Waals surface area (Å²) in [5.41, 5.74) is 4.42. The molecule has 0 atom stereocenters. The Balaban J connectivity index is 1.11. The van der Waals surface area contributed by atoms with E-state index >= 15 is 0 Å². The number of anilines is 1. The number of piperidine rings is 1. The highest BCUT2D eigenvalue weighted by Crippen LogP contribution is 2.40. The first-order valence-corrected chi connectivity index (χ1v) is 11.5. The summed E-state index contributed by atoms with van der Waals surface area (Å²) in [4.78, 5) is 21.0. The van der Waals surface area contributed by atoms with Crippen molar-refractivity contribution in [2.75, 3.05) is 31.5 Å². The van der Waals surface area contributed by atoms with E-state index in [0.29, 0.717) is 0 Å². The molecule has 166 valence electrons. The number of aromatic nitrogens is 1. The van der Waals surface area contributed by atoms with Gasteiger partial charge in [0.15, 0.2) is 0 Å². The monoisotopic (exact) mass is 436 g/mol. The van der Waals surface area contributed by atoms with Gasteiger partial charge in [-0.1, -0.05) is 42.2 Å². The fourth-order valence-corrected chi connectivity index (χ4v) is 4.72. The molecule has 0 unspecified atom stereocenters. The van der Waals surface area contributed by atoms with Crippen LogP contribution in [0.25, 0.3) is 0 Å². The number of benzene rings is 2. The minimum atomic E-state index is -0.0236. The molecule has 0 radical (unpaired) electrons. The molecule has 2 amide bonds. The van der Waals surface area contributed by atoms with E-state index in [1.54, 1.807) is 12.4 Å². The normalized spacial score (nSPS) is 17.0. The van der Waals surface area contributed by atoms with Gasteiger partial charge < -0.3 is 10.2 Å². The van der Waals surface area contributed by atoms with E-state index in [9.17, 15) is 4.79 Å². The summed E-state index contributed by atoms with van der Waals surface area (Å²) in [5.74, 6) is 6.53. The Kier molecular flexibility index (Phi) is 6.10. The Morgan fingerprint density at radius 1 is 0.939 bits per heavy atom. The lowest BCUT2D eigenvalue weighted by atomic mass is 9.72. The lowest BCUT2D eigenvalue weighted by molar-refractivity contribution is -0.0200. The van der Waals surface area contributed by atoms with Gasteiger partial charge in [-0.3, -0.25) is 9.88 Å². The van der Waals surface area contributed by atoms with Crippen LogP contribution in [0.15, 0.2) is 79.1 Å². The number of amides is 2. The van der Waals surface area contributed by atoms with Gasteiger partial charge in [0.2, 0.25) is 0 Å². The van der Waals surface area contributed by atoms with E-state index in [1.165, 1.54) is 5.56 Å². The molecule has 5 rings (SSSR count). The Morgan fingerprint density at radius 3 is 2.45 bits per heavy atom. The van der Waals surface area contributed by atoms with Crippen LogP contribution in [0.5, 0.6) is 0 Å². The first kappa shape index (κ1) is 21.2. The van der Waals surface area contributed by atoms with Gasteiger partial charge >= 0.3 is 6.03 Å². The molecule has 0 saturated carbocycles. The smallest absolute Gasteiger partial charge is 0.321 e. The molecule has 1 N–H and O–H groups in total. The van der Waals surface area contributed by atoms with Gasteiger partial charge in [-0.05, 0) is 67.9 Å². The van der Waals surface area contributed by atoms with Crippen molar-refractivity contribution in [3.63, 3.8) is 0 Å². The van der Waals surface area contributed by atoms with Crippen LogP contribution in [-0.2, 0) is 6.54 Å². The molecule has 3 aromatic rings. The second-order valence-corrected chi connectivity index (χ2v) is 9.12. The van der Waals surface area contributed by atoms with Crippen molar-refractivity contribution in [2.45, 2.75) is 19.4 Å². The maximum atomic E-state index is 12.5. The molecule has 5 heteroatoms. The van der Waals surface area contributed by atoms with E-state index in [0.717, 1.165) is 62.4 Å². The van der Waals surface area contributed by atoms with Gasteiger partial charge in [0.05, 0.1) is 11.9 Å². The molecule has 0 aliphatic carbocycles. The molecule has 2 aliphatic rings. The standard InChI is InChI=1S/C28H28N4O/c33-27(30-26-10-5-15-29-19-26)32-21-28(22-32)13-16-31(17-14-28)20-25-9-4-8-24(18-25)12-11-23-6-2-1-3-7-23/h1-10,15,18-19H,13-14,16-17,20-22H2,(H,30,33). The fourth-order valence-electron chi connectivity index (χ4n) is 4.72. The molecule has 33 heavy (non-hydrogen) atoms. The summed E-state index contributed by atoms with van der Waals surface area (Å²) in [7, 11) is 0. The highest BCUT2D eigenvalue weighted by molar-refractivity contribution is 5.89. The predicted molar refractivity (Wildman–Crippen MR) is 131 cm³/mol. The zero-order chi connectivity index (χ0) is 22.5. The molecule has 1 aromatic heterocycles. The van der Waals surface area contributed by atoms with Crippen molar-refractivity contribution in [2.24, 2.45) is 5.41 Å². The summed E-state index contributed by atoms with van der Waals surface area (Å²) < 4.78 is 0. The van der Waals surface area contributed by atoms with Crippen LogP contribution < -0.4 is 5.32 Å². The number of carbonyl (C=O) groups is 1. The van der Waals surface area contributed by atoms with Crippen molar-refractivity contribution >= 4 is 11.7 Å². The average Bonchev–Trinajstić information content (AvgIpc) is 2.83. The summed E-state index contributed by atoms with van der Waals surface area (Å²) in [5, 5.41) is 2.94. The number of carbonyl (C=O) groups excluding carboxylic acids is 1. The predicted octanol–water partition coefficient (Wildman–Crippen LogP) is 4.61. The zero-order valence-corrected chi connectivity index (χ0v) is 18.7. The quantitative estimate of drug-likeness (QED) is 0.610. The van der Waals surface area contributed by atoms with Gasteiger partial charge in [0.25, 0.3) is 0 Å². The summed E-state index contributed by atoms with van der Waals surface area (Å²) >= 11 is 0.